The van der Waals surface area contributed by atoms with Crippen molar-refractivity contribution in [2.75, 3.05) is 51.2 Å². The molecule has 2 aromatic rings. The van der Waals surface area contributed by atoms with E-state index >= 15 is 0 Å². The van der Waals surface area contributed by atoms with Crippen molar-refractivity contribution in [3.63, 3.8) is 0 Å². The number of hydrogen-bond acceptors (Lipinski definition) is 7. The van der Waals surface area contributed by atoms with E-state index < -0.39 is 0 Å². The largest absolute Gasteiger partial charge is 0.359 e. The number of rotatable bonds is 8. The van der Waals surface area contributed by atoms with Gasteiger partial charge in [0.15, 0.2) is 11.7 Å². The van der Waals surface area contributed by atoms with E-state index in [1.165, 1.54) is 0 Å². The minimum atomic E-state index is 0. The number of aromatic nitrogens is 3. The Morgan fingerprint density at radius 2 is 1.90 bits per heavy atom. The van der Waals surface area contributed by atoms with Gasteiger partial charge in [-0.3, -0.25) is 9.89 Å². The Morgan fingerprint density at radius 3 is 2.53 bits per heavy atom. The Morgan fingerprint density at radius 1 is 1.17 bits per heavy atom. The third kappa shape index (κ3) is 7.38. The van der Waals surface area contributed by atoms with E-state index in [0.717, 1.165) is 69.1 Å². The van der Waals surface area contributed by atoms with Crippen LogP contribution in [0.4, 0.5) is 5.95 Å². The van der Waals surface area contributed by atoms with E-state index in [0.29, 0.717) is 12.5 Å². The number of hydrogen-bond donors (Lipinski definition) is 2. The summed E-state index contributed by atoms with van der Waals surface area (Å²) in [7, 11) is 1.78. The number of piperazine rings is 1. The molecule has 0 saturated carbocycles. The molecule has 0 aromatic carbocycles. The van der Waals surface area contributed by atoms with E-state index in [2.05, 4.69) is 54.4 Å². The fourth-order valence-electron chi connectivity index (χ4n) is 3.21. The summed E-state index contributed by atoms with van der Waals surface area (Å²) < 4.78 is 5.35. The van der Waals surface area contributed by atoms with Crippen molar-refractivity contribution in [2.24, 2.45) is 4.99 Å². The second kappa shape index (κ2) is 12.7. The molecule has 1 fully saturated rings. The molecule has 166 valence electrons. The van der Waals surface area contributed by atoms with Gasteiger partial charge in [0, 0.05) is 58.2 Å². The topological polar surface area (TPSA) is 94.7 Å². The zero-order valence-electron chi connectivity index (χ0n) is 18.0. The highest BCUT2D eigenvalue weighted by Gasteiger charge is 2.18. The van der Waals surface area contributed by atoms with Crippen LogP contribution in [0.15, 0.2) is 34.0 Å². The first-order valence-corrected chi connectivity index (χ1v) is 10.3. The maximum Gasteiger partial charge on any atom is 0.225 e. The molecular formula is C20H33IN8O. The fraction of sp³-hybridized carbons (Fsp3) is 0.600. The molecule has 0 aliphatic carbocycles. The van der Waals surface area contributed by atoms with Gasteiger partial charge in [0.2, 0.25) is 5.95 Å². The molecule has 0 bridgehead atoms. The van der Waals surface area contributed by atoms with Gasteiger partial charge >= 0.3 is 0 Å². The Kier molecular flexibility index (Phi) is 10.3. The van der Waals surface area contributed by atoms with Crippen molar-refractivity contribution < 1.29 is 4.52 Å². The monoisotopic (exact) mass is 528 g/mol. The van der Waals surface area contributed by atoms with Crippen LogP contribution in [0.5, 0.6) is 0 Å². The van der Waals surface area contributed by atoms with Crippen LogP contribution >= 0.6 is 24.0 Å². The summed E-state index contributed by atoms with van der Waals surface area (Å²) in [6.07, 6.45) is 4.65. The minimum absolute atomic E-state index is 0. The highest BCUT2D eigenvalue weighted by Crippen LogP contribution is 2.13. The lowest BCUT2D eigenvalue weighted by Gasteiger charge is -2.34. The van der Waals surface area contributed by atoms with Gasteiger partial charge in [-0.2, -0.15) is 0 Å². The van der Waals surface area contributed by atoms with Gasteiger partial charge in [-0.1, -0.05) is 19.0 Å². The highest BCUT2D eigenvalue weighted by molar-refractivity contribution is 14.0. The Balaban J connectivity index is 0.00000320. The summed E-state index contributed by atoms with van der Waals surface area (Å²) in [5.74, 6) is 2.79. The molecule has 2 N–H and O–H groups in total. The maximum absolute atomic E-state index is 5.35. The summed E-state index contributed by atoms with van der Waals surface area (Å²) in [4.78, 5) is 17.7. The van der Waals surface area contributed by atoms with Crippen LogP contribution in [0.1, 0.15) is 37.6 Å². The highest BCUT2D eigenvalue weighted by atomic mass is 127. The van der Waals surface area contributed by atoms with Crippen molar-refractivity contribution >= 4 is 35.9 Å². The van der Waals surface area contributed by atoms with Crippen LogP contribution in [0.25, 0.3) is 0 Å². The lowest BCUT2D eigenvalue weighted by atomic mass is 10.1. The molecular weight excluding hydrogens is 495 g/mol. The van der Waals surface area contributed by atoms with Crippen LogP contribution in [-0.2, 0) is 6.54 Å². The van der Waals surface area contributed by atoms with Gasteiger partial charge in [0.25, 0.3) is 0 Å². The molecule has 3 heterocycles. The standard InChI is InChI=1S/C20H32N8O.HI/c1-16(2)18-14-17(29-26-18)15-25-19(21-3)22-8-5-9-27-10-12-28(13-11-27)20-23-6-4-7-24-20;/h4,6-7,14,16H,5,8-13,15H2,1-3H3,(H2,21,22,25);1H. The zero-order chi connectivity index (χ0) is 20.5. The number of halogens is 1. The first kappa shape index (κ1) is 24.3. The molecule has 0 spiro atoms. The average molecular weight is 528 g/mol. The second-order valence-electron chi connectivity index (χ2n) is 7.46. The number of guanidine groups is 1. The van der Waals surface area contributed by atoms with Crippen molar-refractivity contribution in [2.45, 2.75) is 32.7 Å². The van der Waals surface area contributed by atoms with Gasteiger partial charge in [-0.05, 0) is 24.9 Å². The molecule has 3 rings (SSSR count). The molecule has 0 radical (unpaired) electrons. The molecule has 0 amide bonds. The minimum Gasteiger partial charge on any atom is -0.359 e. The van der Waals surface area contributed by atoms with Crippen LogP contribution in [-0.4, -0.2) is 72.3 Å². The van der Waals surface area contributed by atoms with Crippen molar-refractivity contribution in [3.05, 3.63) is 36.0 Å². The molecule has 1 aliphatic heterocycles. The molecule has 10 heteroatoms. The third-order valence-electron chi connectivity index (χ3n) is 4.97. The number of nitrogens with zero attached hydrogens (tertiary/aromatic N) is 6. The summed E-state index contributed by atoms with van der Waals surface area (Å²) in [5, 5.41) is 10.7. The van der Waals surface area contributed by atoms with Crippen LogP contribution in [0.2, 0.25) is 0 Å². The zero-order valence-corrected chi connectivity index (χ0v) is 20.4. The second-order valence-corrected chi connectivity index (χ2v) is 7.46. The maximum atomic E-state index is 5.35. The first-order chi connectivity index (χ1) is 14.2. The van der Waals surface area contributed by atoms with Gasteiger partial charge in [0.1, 0.15) is 0 Å². The first-order valence-electron chi connectivity index (χ1n) is 10.3. The van der Waals surface area contributed by atoms with Crippen molar-refractivity contribution in [3.8, 4) is 0 Å². The third-order valence-corrected chi connectivity index (χ3v) is 4.97. The predicted octanol–water partition coefficient (Wildman–Crippen LogP) is 2.08. The number of aliphatic imine (C=N–C) groups is 1. The van der Waals surface area contributed by atoms with Crippen LogP contribution in [0, 0.1) is 0 Å². The van der Waals surface area contributed by atoms with E-state index in [9.17, 15) is 0 Å². The SMILES string of the molecule is CN=C(NCCCN1CCN(c2ncccn2)CC1)NCc1cc(C(C)C)no1.I. The molecule has 9 nitrogen and oxygen atoms in total. The Bertz CT molecular complexity index is 759. The summed E-state index contributed by atoms with van der Waals surface area (Å²) in [6.45, 7) is 10.7. The fourth-order valence-corrected chi connectivity index (χ4v) is 3.21. The van der Waals surface area contributed by atoms with Gasteiger partial charge in [-0.15, -0.1) is 24.0 Å². The predicted molar refractivity (Wildman–Crippen MR) is 130 cm³/mol. The van der Waals surface area contributed by atoms with Gasteiger partial charge < -0.3 is 20.1 Å². The van der Waals surface area contributed by atoms with E-state index in [1.807, 2.05) is 12.1 Å². The molecule has 1 saturated heterocycles. The molecule has 2 aromatic heterocycles. The summed E-state index contributed by atoms with van der Waals surface area (Å²) in [6, 6.07) is 3.84. The quantitative estimate of drug-likeness (QED) is 0.233. The summed E-state index contributed by atoms with van der Waals surface area (Å²) in [5.41, 5.74) is 0.976. The van der Waals surface area contributed by atoms with Crippen LogP contribution < -0.4 is 15.5 Å². The van der Waals surface area contributed by atoms with Gasteiger partial charge in [0.05, 0.1) is 12.2 Å². The molecule has 1 aliphatic rings. The van der Waals surface area contributed by atoms with Crippen molar-refractivity contribution in [1.82, 2.24) is 30.7 Å². The Hall–Kier alpha value is -1.95. The van der Waals surface area contributed by atoms with E-state index in [-0.39, 0.29) is 24.0 Å². The Labute approximate surface area is 195 Å². The van der Waals surface area contributed by atoms with Crippen molar-refractivity contribution in [1.29, 1.82) is 0 Å². The lowest BCUT2D eigenvalue weighted by Crippen LogP contribution is -2.47. The lowest BCUT2D eigenvalue weighted by molar-refractivity contribution is 0.254. The smallest absolute Gasteiger partial charge is 0.225 e. The molecule has 0 unspecified atom stereocenters. The number of nitrogens with one attached hydrogen (secondary N) is 2. The number of anilines is 1. The normalized spacial score (nSPS) is 15.2. The van der Waals surface area contributed by atoms with Crippen LogP contribution in [0.3, 0.4) is 0 Å². The van der Waals surface area contributed by atoms with E-state index in [4.69, 9.17) is 4.52 Å². The molecule has 0 atom stereocenters. The average Bonchev–Trinajstić information content (AvgIpc) is 3.24. The van der Waals surface area contributed by atoms with E-state index in [1.54, 1.807) is 19.4 Å². The van der Waals surface area contributed by atoms with Gasteiger partial charge in [-0.25, -0.2) is 9.97 Å². The molecule has 30 heavy (non-hydrogen) atoms. The summed E-state index contributed by atoms with van der Waals surface area (Å²) >= 11 is 0.